The van der Waals surface area contributed by atoms with Crippen LogP contribution in [0.15, 0.2) is 54.1 Å². The van der Waals surface area contributed by atoms with Gasteiger partial charge in [0.15, 0.2) is 4.87 Å². The van der Waals surface area contributed by atoms with Gasteiger partial charge in [-0.3, -0.25) is 0 Å². The number of hydrogen-bond donors (Lipinski definition) is 0. The Morgan fingerprint density at radius 1 is 1.07 bits per heavy atom. The molecule has 0 amide bonds. The standard InChI is InChI=1S/C21H14Cl2O4S/c1-26-13-8-6-11(7-9-13)16-15-10-12-4-2-3-5-14(12)17(15)28-21(23)19(25)27-18(24)20(16,21)22/h2-9,16H,10H2,1H3. The molecule has 1 saturated heterocycles. The number of hydrogen-bond acceptors (Lipinski definition) is 5. The minimum Gasteiger partial charge on any atom is -0.497 e. The number of allylic oxidation sites excluding steroid dienone is 1. The summed E-state index contributed by atoms with van der Waals surface area (Å²) in [6.07, 6.45) is 0.637. The van der Waals surface area contributed by atoms with Crippen molar-refractivity contribution in [2.75, 3.05) is 7.11 Å². The normalized spacial score (nSPS) is 30.6. The molecule has 0 spiro atoms. The lowest BCUT2D eigenvalue weighted by molar-refractivity contribution is -0.152. The number of carbonyl (C=O) groups is 2. The number of esters is 2. The number of carbonyl (C=O) groups excluding carboxylic acids is 2. The van der Waals surface area contributed by atoms with Gasteiger partial charge < -0.3 is 9.47 Å². The van der Waals surface area contributed by atoms with Gasteiger partial charge >= 0.3 is 11.9 Å². The summed E-state index contributed by atoms with van der Waals surface area (Å²) in [6, 6.07) is 15.3. The molecule has 2 aromatic carbocycles. The Labute approximate surface area is 175 Å². The number of fused-ring (bicyclic) bond motifs is 3. The van der Waals surface area contributed by atoms with Crippen molar-refractivity contribution >= 4 is 51.8 Å². The van der Waals surface area contributed by atoms with Crippen molar-refractivity contribution in [3.63, 3.8) is 0 Å². The van der Waals surface area contributed by atoms with Gasteiger partial charge in [0.1, 0.15) is 5.75 Å². The van der Waals surface area contributed by atoms with E-state index in [0.717, 1.165) is 38.9 Å². The van der Waals surface area contributed by atoms with Crippen LogP contribution in [-0.4, -0.2) is 28.1 Å². The van der Waals surface area contributed by atoms with E-state index >= 15 is 0 Å². The summed E-state index contributed by atoms with van der Waals surface area (Å²) >= 11 is 14.8. The quantitative estimate of drug-likeness (QED) is 0.397. The van der Waals surface area contributed by atoms with Crippen molar-refractivity contribution in [3.05, 3.63) is 70.8 Å². The van der Waals surface area contributed by atoms with E-state index in [-0.39, 0.29) is 0 Å². The molecule has 7 heteroatoms. The molecule has 1 aliphatic carbocycles. The van der Waals surface area contributed by atoms with Crippen molar-refractivity contribution in [2.24, 2.45) is 0 Å². The van der Waals surface area contributed by atoms with Crippen molar-refractivity contribution in [2.45, 2.75) is 21.4 Å². The molecule has 0 N–H and O–H groups in total. The van der Waals surface area contributed by atoms with E-state index in [1.54, 1.807) is 19.2 Å². The van der Waals surface area contributed by atoms with E-state index in [1.807, 2.05) is 36.4 Å². The molecule has 0 aromatic heterocycles. The minimum atomic E-state index is -1.73. The van der Waals surface area contributed by atoms with Crippen LogP contribution in [0.25, 0.3) is 4.91 Å². The van der Waals surface area contributed by atoms with Gasteiger partial charge in [0, 0.05) is 10.8 Å². The molecule has 28 heavy (non-hydrogen) atoms. The molecule has 3 atom stereocenters. The average molecular weight is 433 g/mol. The van der Waals surface area contributed by atoms with Gasteiger partial charge in [-0.15, -0.1) is 11.6 Å². The van der Waals surface area contributed by atoms with Crippen LogP contribution in [0.4, 0.5) is 0 Å². The maximum absolute atomic E-state index is 12.8. The first-order valence-corrected chi connectivity index (χ1v) is 10.3. The van der Waals surface area contributed by atoms with E-state index in [0.29, 0.717) is 12.2 Å². The topological polar surface area (TPSA) is 52.6 Å². The fourth-order valence-electron chi connectivity index (χ4n) is 4.24. The summed E-state index contributed by atoms with van der Waals surface area (Å²) in [6.45, 7) is 0. The van der Waals surface area contributed by atoms with Crippen LogP contribution in [0.3, 0.4) is 0 Å². The number of cyclic esters (lactones) is 2. The van der Waals surface area contributed by atoms with Crippen LogP contribution < -0.4 is 4.74 Å². The number of alkyl halides is 2. The largest absolute Gasteiger partial charge is 0.497 e. The van der Waals surface area contributed by atoms with Crippen molar-refractivity contribution < 1.29 is 19.1 Å². The van der Waals surface area contributed by atoms with E-state index < -0.39 is 26.9 Å². The summed E-state index contributed by atoms with van der Waals surface area (Å²) in [5, 5.41) is 0. The number of thioether (sulfide) groups is 1. The lowest BCUT2D eigenvalue weighted by Crippen LogP contribution is -2.53. The smallest absolute Gasteiger partial charge is 0.348 e. The highest BCUT2D eigenvalue weighted by atomic mass is 35.5. The monoisotopic (exact) mass is 432 g/mol. The first kappa shape index (κ1) is 18.1. The molecule has 2 heterocycles. The second-order valence-corrected chi connectivity index (χ2v) is 9.59. The second-order valence-electron chi connectivity index (χ2n) is 6.98. The summed E-state index contributed by atoms with van der Waals surface area (Å²) in [7, 11) is 1.58. The average Bonchev–Trinajstić information content (AvgIpc) is 3.13. The number of ether oxygens (including phenoxy) is 2. The molecule has 3 aliphatic rings. The second kappa shape index (κ2) is 6.02. The molecule has 1 fully saturated rings. The lowest BCUT2D eigenvalue weighted by Gasteiger charge is -2.42. The van der Waals surface area contributed by atoms with Crippen LogP contribution in [0, 0.1) is 0 Å². The molecule has 2 aliphatic heterocycles. The number of rotatable bonds is 2. The van der Waals surface area contributed by atoms with Crippen LogP contribution in [-0.2, 0) is 20.7 Å². The van der Waals surface area contributed by atoms with Crippen molar-refractivity contribution in [3.8, 4) is 5.75 Å². The van der Waals surface area contributed by atoms with Gasteiger partial charge in [0.25, 0.3) is 0 Å². The van der Waals surface area contributed by atoms with Gasteiger partial charge in [-0.05, 0) is 40.8 Å². The molecule has 0 radical (unpaired) electrons. The lowest BCUT2D eigenvalue weighted by atomic mass is 9.77. The molecule has 5 rings (SSSR count). The van der Waals surface area contributed by atoms with Gasteiger partial charge in [-0.1, -0.05) is 59.8 Å². The molecular formula is C21H14Cl2O4S. The Balaban J connectivity index is 1.76. The molecule has 0 saturated carbocycles. The third-order valence-corrected chi connectivity index (χ3v) is 8.59. The summed E-state index contributed by atoms with van der Waals surface area (Å²) < 4.78 is 8.46. The highest BCUT2D eigenvalue weighted by molar-refractivity contribution is 8.11. The Bertz CT molecular complexity index is 1060. The predicted octanol–water partition coefficient (Wildman–Crippen LogP) is 4.49. The van der Waals surface area contributed by atoms with Gasteiger partial charge in [0.2, 0.25) is 4.21 Å². The minimum absolute atomic E-state index is 0.597. The number of benzene rings is 2. The molecule has 4 nitrogen and oxygen atoms in total. The Kier molecular flexibility index (Phi) is 3.89. The molecule has 0 bridgehead atoms. The first-order valence-electron chi connectivity index (χ1n) is 8.69. The zero-order valence-electron chi connectivity index (χ0n) is 14.7. The number of halogens is 2. The maximum atomic E-state index is 12.8. The van der Waals surface area contributed by atoms with Crippen molar-refractivity contribution in [1.82, 2.24) is 0 Å². The summed E-state index contributed by atoms with van der Waals surface area (Å²) in [5.41, 5.74) is 3.91. The van der Waals surface area contributed by atoms with E-state index in [2.05, 4.69) is 0 Å². The Morgan fingerprint density at radius 2 is 1.79 bits per heavy atom. The number of methoxy groups -OCH3 is 1. The zero-order chi connectivity index (χ0) is 19.7. The predicted molar refractivity (Wildman–Crippen MR) is 109 cm³/mol. The zero-order valence-corrected chi connectivity index (χ0v) is 17.0. The fourth-order valence-corrected chi connectivity index (χ4v) is 6.57. The first-order chi connectivity index (χ1) is 13.4. The summed E-state index contributed by atoms with van der Waals surface area (Å²) in [4.78, 5) is 24.6. The van der Waals surface area contributed by atoms with Crippen LogP contribution >= 0.6 is 35.0 Å². The van der Waals surface area contributed by atoms with Crippen LogP contribution in [0.1, 0.15) is 22.6 Å². The van der Waals surface area contributed by atoms with Gasteiger partial charge in [0.05, 0.1) is 7.11 Å². The molecule has 142 valence electrons. The summed E-state index contributed by atoms with van der Waals surface area (Å²) in [5.74, 6) is -1.53. The SMILES string of the molecule is COc1ccc(C2C3=C(SC4(Cl)C(=O)OC(=O)C24Cl)c2ccccc2C3)cc1. The highest BCUT2D eigenvalue weighted by Gasteiger charge is 2.75. The molecular weight excluding hydrogens is 419 g/mol. The maximum Gasteiger partial charge on any atom is 0.348 e. The Morgan fingerprint density at radius 3 is 2.50 bits per heavy atom. The van der Waals surface area contributed by atoms with E-state index in [9.17, 15) is 9.59 Å². The molecule has 3 unspecified atom stereocenters. The van der Waals surface area contributed by atoms with Gasteiger partial charge in [-0.2, -0.15) is 0 Å². The third kappa shape index (κ3) is 2.15. The van der Waals surface area contributed by atoms with Crippen molar-refractivity contribution in [1.29, 1.82) is 0 Å². The van der Waals surface area contributed by atoms with E-state index in [4.69, 9.17) is 32.7 Å². The third-order valence-electron chi connectivity index (χ3n) is 5.59. The van der Waals surface area contributed by atoms with E-state index in [1.165, 1.54) is 0 Å². The van der Waals surface area contributed by atoms with Gasteiger partial charge in [-0.25, -0.2) is 9.59 Å². The highest BCUT2D eigenvalue weighted by Crippen LogP contribution is 2.68. The van der Waals surface area contributed by atoms with Crippen LogP contribution in [0.2, 0.25) is 0 Å². The van der Waals surface area contributed by atoms with Crippen LogP contribution in [0.5, 0.6) is 5.75 Å². The fraction of sp³-hybridized carbons (Fsp3) is 0.238. The molecule has 2 aromatic rings. The Hall–Kier alpha value is -1.95.